The molecule has 0 bridgehead atoms. The average molecular weight is 492 g/mol. The molecule has 0 radical (unpaired) electrons. The maximum Gasteiger partial charge on any atom is 0.236 e. The van der Waals surface area contributed by atoms with Crippen LogP contribution in [0.25, 0.3) is 6.08 Å². The van der Waals surface area contributed by atoms with Crippen molar-refractivity contribution >= 4 is 17.9 Å². The topological polar surface area (TPSA) is 62.3 Å². The predicted molar refractivity (Wildman–Crippen MR) is 140 cm³/mol. The number of hydrogen-bond acceptors (Lipinski definition) is 5. The van der Waals surface area contributed by atoms with Gasteiger partial charge in [0.25, 0.3) is 0 Å². The summed E-state index contributed by atoms with van der Waals surface area (Å²) >= 11 is 0. The van der Waals surface area contributed by atoms with Gasteiger partial charge in [-0.05, 0) is 24.5 Å². The molecule has 0 saturated carbocycles. The lowest BCUT2D eigenvalue weighted by Crippen LogP contribution is -2.39. The monoisotopic (exact) mass is 491 g/mol. The summed E-state index contributed by atoms with van der Waals surface area (Å²) < 4.78 is 11.8. The van der Waals surface area contributed by atoms with Gasteiger partial charge in [0.05, 0.1) is 26.4 Å². The van der Waals surface area contributed by atoms with Gasteiger partial charge in [0.1, 0.15) is 5.75 Å². The number of amides is 2. The van der Waals surface area contributed by atoms with Crippen molar-refractivity contribution in [2.24, 2.45) is 0 Å². The van der Waals surface area contributed by atoms with Crippen molar-refractivity contribution in [1.82, 2.24) is 14.7 Å². The van der Waals surface area contributed by atoms with Crippen LogP contribution in [0.15, 0.2) is 60.7 Å². The average Bonchev–Trinajstić information content (AvgIpc) is 3.24. The fourth-order valence-electron chi connectivity index (χ4n) is 4.82. The molecule has 0 aliphatic carbocycles. The highest BCUT2D eigenvalue weighted by Crippen LogP contribution is 2.19. The van der Waals surface area contributed by atoms with Gasteiger partial charge in [0.2, 0.25) is 11.8 Å². The molecule has 2 aromatic carbocycles. The van der Waals surface area contributed by atoms with Crippen molar-refractivity contribution in [3.63, 3.8) is 0 Å². The van der Waals surface area contributed by atoms with Gasteiger partial charge in [-0.15, -0.1) is 0 Å². The number of carbonyl (C=O) groups excluding carboxylic acids is 2. The van der Waals surface area contributed by atoms with E-state index >= 15 is 0 Å². The third-order valence-electron chi connectivity index (χ3n) is 6.75. The zero-order valence-electron chi connectivity index (χ0n) is 21.2. The maximum absolute atomic E-state index is 13.2. The highest BCUT2D eigenvalue weighted by molar-refractivity contribution is 5.79. The molecule has 0 N–H and O–H groups in total. The minimum atomic E-state index is -0.0928. The second-order valence-electron chi connectivity index (χ2n) is 9.43. The van der Waals surface area contributed by atoms with Crippen LogP contribution in [0.2, 0.25) is 0 Å². The Hall–Kier alpha value is -3.16. The van der Waals surface area contributed by atoms with Crippen LogP contribution in [0.4, 0.5) is 0 Å². The van der Waals surface area contributed by atoms with E-state index in [-0.39, 0.29) is 17.9 Å². The van der Waals surface area contributed by atoms with Gasteiger partial charge < -0.3 is 19.3 Å². The second-order valence-corrected chi connectivity index (χ2v) is 9.43. The van der Waals surface area contributed by atoms with Crippen molar-refractivity contribution in [2.75, 3.05) is 52.9 Å². The highest BCUT2D eigenvalue weighted by Gasteiger charge is 2.28. The first-order valence-electron chi connectivity index (χ1n) is 12.9. The quantitative estimate of drug-likeness (QED) is 0.482. The van der Waals surface area contributed by atoms with Crippen LogP contribution in [-0.2, 0) is 20.9 Å². The normalized spacial score (nSPS) is 19.3. The summed E-state index contributed by atoms with van der Waals surface area (Å²) in [5, 5.41) is 0. The van der Waals surface area contributed by atoms with Crippen LogP contribution < -0.4 is 4.74 Å². The van der Waals surface area contributed by atoms with Crippen molar-refractivity contribution in [1.29, 1.82) is 0 Å². The van der Waals surface area contributed by atoms with Crippen LogP contribution in [-0.4, -0.2) is 85.5 Å². The first-order valence-corrected chi connectivity index (χ1v) is 12.9. The first-order chi connectivity index (χ1) is 17.6. The van der Waals surface area contributed by atoms with E-state index in [4.69, 9.17) is 9.47 Å². The molecule has 1 atom stereocenters. The first kappa shape index (κ1) is 25.9. The summed E-state index contributed by atoms with van der Waals surface area (Å²) in [6.07, 6.45) is 6.40. The smallest absolute Gasteiger partial charge is 0.236 e. The van der Waals surface area contributed by atoms with Crippen LogP contribution >= 0.6 is 0 Å². The molecule has 7 heteroatoms. The lowest BCUT2D eigenvalue weighted by Gasteiger charge is -2.25. The summed E-state index contributed by atoms with van der Waals surface area (Å²) in [6, 6.07) is 18.0. The van der Waals surface area contributed by atoms with Gasteiger partial charge in [0, 0.05) is 51.3 Å². The van der Waals surface area contributed by atoms with Crippen LogP contribution in [0.3, 0.4) is 0 Å². The Kier molecular flexibility index (Phi) is 9.53. The van der Waals surface area contributed by atoms with E-state index in [1.807, 2.05) is 58.3 Å². The summed E-state index contributed by atoms with van der Waals surface area (Å²) in [7, 11) is 1.67. The van der Waals surface area contributed by atoms with E-state index in [0.29, 0.717) is 52.3 Å². The molecule has 4 rings (SSSR count). The number of likely N-dealkylation sites (tertiary alicyclic amines) is 1. The van der Waals surface area contributed by atoms with Gasteiger partial charge in [-0.1, -0.05) is 60.7 Å². The molecule has 2 heterocycles. The molecular formula is C29H37N3O4. The fraction of sp³-hybridized carbons (Fsp3) is 0.448. The number of methoxy groups -OCH3 is 1. The van der Waals surface area contributed by atoms with Crippen LogP contribution in [0.5, 0.6) is 5.75 Å². The minimum absolute atomic E-state index is 0.0928. The summed E-state index contributed by atoms with van der Waals surface area (Å²) in [5.74, 6) is 1.17. The van der Waals surface area contributed by atoms with E-state index in [0.717, 1.165) is 36.3 Å². The Morgan fingerprint density at radius 3 is 2.50 bits per heavy atom. The lowest BCUT2D eigenvalue weighted by molar-refractivity contribution is -0.131. The number of ether oxygens (including phenoxy) is 2. The standard InChI is InChI=1S/C29H37N3O4/c1-35-27-14-6-5-12-25(27)13-7-16-30-20-26(36-23-24-10-3-2-4-11-24)21-32(29(34)22-30)19-9-18-31-17-8-15-28(31)33/h2-7,10-14,26H,8-9,15-23H2,1H3/b13-7+. The second kappa shape index (κ2) is 13.2. The van der Waals surface area contributed by atoms with Crippen molar-refractivity contribution in [3.8, 4) is 5.75 Å². The number of benzene rings is 2. The number of hydrogen-bond donors (Lipinski definition) is 0. The Morgan fingerprint density at radius 1 is 0.944 bits per heavy atom. The highest BCUT2D eigenvalue weighted by atomic mass is 16.5. The molecule has 1 unspecified atom stereocenters. The van der Waals surface area contributed by atoms with E-state index in [9.17, 15) is 9.59 Å². The molecule has 2 aliphatic rings. The van der Waals surface area contributed by atoms with Crippen molar-refractivity contribution in [2.45, 2.75) is 32.0 Å². The molecule has 0 aromatic heterocycles. The van der Waals surface area contributed by atoms with Gasteiger partial charge in [0.15, 0.2) is 0 Å². The molecular weight excluding hydrogens is 454 g/mol. The lowest BCUT2D eigenvalue weighted by atomic mass is 10.2. The minimum Gasteiger partial charge on any atom is -0.496 e. The largest absolute Gasteiger partial charge is 0.496 e. The van der Waals surface area contributed by atoms with Gasteiger partial charge in [-0.25, -0.2) is 0 Å². The van der Waals surface area contributed by atoms with E-state index in [2.05, 4.69) is 23.1 Å². The van der Waals surface area contributed by atoms with E-state index in [1.54, 1.807) is 7.11 Å². The Bertz CT molecular complexity index is 1030. The summed E-state index contributed by atoms with van der Waals surface area (Å²) in [5.41, 5.74) is 2.13. The maximum atomic E-state index is 13.2. The summed E-state index contributed by atoms with van der Waals surface area (Å²) in [4.78, 5) is 31.1. The van der Waals surface area contributed by atoms with Crippen LogP contribution in [0.1, 0.15) is 30.4 Å². The number of para-hydroxylation sites is 1. The number of carbonyl (C=O) groups is 2. The van der Waals surface area contributed by atoms with Crippen molar-refractivity contribution in [3.05, 3.63) is 71.8 Å². The Balaban J connectivity index is 1.38. The summed E-state index contributed by atoms with van der Waals surface area (Å²) in [6.45, 7) is 4.93. The number of rotatable bonds is 11. The molecule has 2 amide bonds. The SMILES string of the molecule is COc1ccccc1/C=C/CN1CC(=O)N(CCCN2CCCC2=O)CC(OCc2ccccc2)C1. The Labute approximate surface area is 214 Å². The Morgan fingerprint density at radius 2 is 1.72 bits per heavy atom. The van der Waals surface area contributed by atoms with Gasteiger partial charge in [-0.3, -0.25) is 14.5 Å². The molecule has 0 spiro atoms. The predicted octanol–water partition coefficient (Wildman–Crippen LogP) is 3.45. The fourth-order valence-corrected chi connectivity index (χ4v) is 4.82. The third kappa shape index (κ3) is 7.42. The molecule has 36 heavy (non-hydrogen) atoms. The molecule has 2 aliphatic heterocycles. The molecule has 2 aromatic rings. The van der Waals surface area contributed by atoms with E-state index < -0.39 is 0 Å². The zero-order chi connectivity index (χ0) is 25.2. The van der Waals surface area contributed by atoms with Crippen LogP contribution in [0, 0.1) is 0 Å². The van der Waals surface area contributed by atoms with Crippen molar-refractivity contribution < 1.29 is 19.1 Å². The molecule has 2 saturated heterocycles. The molecule has 7 nitrogen and oxygen atoms in total. The third-order valence-corrected chi connectivity index (χ3v) is 6.75. The number of nitrogens with zero attached hydrogens (tertiary/aromatic N) is 3. The molecule has 192 valence electrons. The van der Waals surface area contributed by atoms with Gasteiger partial charge in [-0.2, -0.15) is 0 Å². The molecule has 2 fully saturated rings. The zero-order valence-corrected chi connectivity index (χ0v) is 21.2. The van der Waals surface area contributed by atoms with Gasteiger partial charge >= 0.3 is 0 Å². The van der Waals surface area contributed by atoms with E-state index in [1.165, 1.54) is 0 Å².